The molecule has 3 aromatic rings. The van der Waals surface area contributed by atoms with Crippen molar-refractivity contribution >= 4 is 27.5 Å². The van der Waals surface area contributed by atoms with E-state index in [2.05, 4.69) is 10.1 Å². The lowest BCUT2D eigenvalue weighted by molar-refractivity contribution is -0.202. The summed E-state index contributed by atoms with van der Waals surface area (Å²) in [5.41, 5.74) is -1.54. The first-order chi connectivity index (χ1) is 16.0. The lowest BCUT2D eigenvalue weighted by Gasteiger charge is -2.18. The van der Waals surface area contributed by atoms with Crippen LogP contribution in [-0.2, 0) is 21.4 Å². The maximum Gasteiger partial charge on any atom is 0.396 e. The summed E-state index contributed by atoms with van der Waals surface area (Å²) in [6.07, 6.45) is -2.67. The molecule has 2 heterocycles. The quantitative estimate of drug-likeness (QED) is 0.457. The zero-order valence-electron chi connectivity index (χ0n) is 17.4. The van der Waals surface area contributed by atoms with E-state index in [4.69, 9.17) is 16.3 Å². The smallest absolute Gasteiger partial charge is 0.374 e. The largest absolute Gasteiger partial charge is 0.396 e. The molecule has 0 saturated heterocycles. The Morgan fingerprint density at radius 2 is 1.85 bits per heavy atom. The SMILES string of the molecule is O=C(NS(=O)(=O)c1ccccc1)c1ccc(-n2ccc(COCC3(C(F)(F)F)CC3)n2)nc1Cl. The number of benzene rings is 1. The fourth-order valence-electron chi connectivity index (χ4n) is 3.14. The second kappa shape index (κ2) is 9.01. The fourth-order valence-corrected chi connectivity index (χ4v) is 4.36. The standard InChI is InChI=1S/C21H18ClF3N4O4S/c22-18-16(19(30)28-34(31,32)15-4-2-1-3-5-15)6-7-17(26-18)29-11-8-14(27-29)12-33-13-20(9-10-20)21(23,24)25/h1-8,11H,9-10,12-13H2,(H,28,30). The maximum atomic E-state index is 13.0. The Kier molecular flexibility index (Phi) is 6.40. The monoisotopic (exact) mass is 514 g/mol. The van der Waals surface area contributed by atoms with Gasteiger partial charge in [-0.15, -0.1) is 0 Å². The molecule has 0 aliphatic heterocycles. The fraction of sp³-hybridized carbons (Fsp3) is 0.286. The molecule has 0 radical (unpaired) electrons. The van der Waals surface area contributed by atoms with Crippen molar-refractivity contribution in [2.24, 2.45) is 5.41 Å². The van der Waals surface area contributed by atoms with E-state index >= 15 is 0 Å². The number of ether oxygens (including phenoxy) is 1. The van der Waals surface area contributed by atoms with Crippen LogP contribution in [0.2, 0.25) is 5.15 Å². The number of alkyl halides is 3. The molecular weight excluding hydrogens is 497 g/mol. The van der Waals surface area contributed by atoms with Crippen molar-refractivity contribution in [3.63, 3.8) is 0 Å². The second-order valence-electron chi connectivity index (χ2n) is 7.78. The van der Waals surface area contributed by atoms with Crippen LogP contribution in [0.25, 0.3) is 5.82 Å². The van der Waals surface area contributed by atoms with Gasteiger partial charge in [-0.25, -0.2) is 22.8 Å². The minimum absolute atomic E-state index is 0.0555. The molecule has 1 aromatic carbocycles. The summed E-state index contributed by atoms with van der Waals surface area (Å²) >= 11 is 6.10. The third-order valence-corrected chi connectivity index (χ3v) is 6.96. The van der Waals surface area contributed by atoms with Gasteiger partial charge in [0.25, 0.3) is 15.9 Å². The highest BCUT2D eigenvalue weighted by atomic mass is 35.5. The molecule has 1 fully saturated rings. The summed E-state index contributed by atoms with van der Waals surface area (Å²) < 4.78 is 72.1. The van der Waals surface area contributed by atoms with Crippen molar-refractivity contribution < 1.29 is 31.1 Å². The molecule has 1 saturated carbocycles. The summed E-state index contributed by atoms with van der Waals surface area (Å²) in [6, 6.07) is 11.6. The molecule has 1 amide bonds. The first-order valence-electron chi connectivity index (χ1n) is 9.99. The number of amides is 1. The number of pyridine rings is 1. The number of halogens is 4. The Hall–Kier alpha value is -2.96. The average molecular weight is 515 g/mol. The van der Waals surface area contributed by atoms with Crippen LogP contribution in [0.4, 0.5) is 13.2 Å². The van der Waals surface area contributed by atoms with Crippen molar-refractivity contribution in [1.82, 2.24) is 19.5 Å². The molecule has 13 heteroatoms. The molecular formula is C21H18ClF3N4O4S. The predicted molar refractivity (Wildman–Crippen MR) is 115 cm³/mol. The van der Waals surface area contributed by atoms with E-state index in [9.17, 15) is 26.4 Å². The average Bonchev–Trinajstić information content (AvgIpc) is 3.44. The van der Waals surface area contributed by atoms with Crippen molar-refractivity contribution in [3.8, 4) is 5.82 Å². The van der Waals surface area contributed by atoms with Crippen LogP contribution in [-0.4, -0.2) is 41.9 Å². The number of nitrogens with one attached hydrogen (secondary N) is 1. The number of aromatic nitrogens is 3. The maximum absolute atomic E-state index is 13.0. The van der Waals surface area contributed by atoms with E-state index in [-0.39, 0.29) is 40.9 Å². The molecule has 1 N–H and O–H groups in total. The van der Waals surface area contributed by atoms with Gasteiger partial charge in [0.15, 0.2) is 5.82 Å². The van der Waals surface area contributed by atoms with Crippen molar-refractivity contribution in [2.75, 3.05) is 6.61 Å². The number of rotatable bonds is 8. The molecule has 2 aromatic heterocycles. The number of sulfonamides is 1. The topological polar surface area (TPSA) is 103 Å². The van der Waals surface area contributed by atoms with E-state index < -0.39 is 34.1 Å². The van der Waals surface area contributed by atoms with Gasteiger partial charge in [0.05, 0.1) is 34.8 Å². The first-order valence-corrected chi connectivity index (χ1v) is 11.9. The molecule has 4 rings (SSSR count). The van der Waals surface area contributed by atoms with Gasteiger partial charge in [0.2, 0.25) is 0 Å². The van der Waals surface area contributed by atoms with Crippen LogP contribution < -0.4 is 4.72 Å². The lowest BCUT2D eigenvalue weighted by Crippen LogP contribution is -2.31. The molecule has 0 spiro atoms. The van der Waals surface area contributed by atoms with Crippen molar-refractivity contribution in [3.05, 3.63) is 71.1 Å². The Morgan fingerprint density at radius 1 is 1.15 bits per heavy atom. The zero-order chi connectivity index (χ0) is 24.6. The van der Waals surface area contributed by atoms with Gasteiger partial charge in [-0.05, 0) is 43.2 Å². The van der Waals surface area contributed by atoms with Gasteiger partial charge in [-0.3, -0.25) is 4.79 Å². The third-order valence-electron chi connectivity index (χ3n) is 5.32. The highest BCUT2D eigenvalue weighted by Crippen LogP contribution is 2.57. The summed E-state index contributed by atoms with van der Waals surface area (Å²) in [5.74, 6) is -0.742. The molecule has 0 bridgehead atoms. The van der Waals surface area contributed by atoms with Gasteiger partial charge < -0.3 is 4.74 Å². The summed E-state index contributed by atoms with van der Waals surface area (Å²) in [5, 5.41) is 3.93. The minimum atomic E-state index is -4.29. The Balaban J connectivity index is 1.40. The molecule has 1 aliphatic carbocycles. The Labute approximate surface area is 197 Å². The van der Waals surface area contributed by atoms with Crippen molar-refractivity contribution in [1.29, 1.82) is 0 Å². The normalized spacial score (nSPS) is 15.2. The van der Waals surface area contributed by atoms with Gasteiger partial charge in [-0.1, -0.05) is 29.8 Å². The molecule has 0 unspecified atom stereocenters. The number of carbonyl (C=O) groups excluding carboxylic acids is 1. The third kappa shape index (κ3) is 5.08. The summed E-state index contributed by atoms with van der Waals surface area (Å²) in [4.78, 5) is 16.4. The van der Waals surface area contributed by atoms with Crippen molar-refractivity contribution in [2.45, 2.75) is 30.5 Å². The molecule has 1 aliphatic rings. The van der Waals surface area contributed by atoms with Gasteiger partial charge in [-0.2, -0.15) is 18.3 Å². The minimum Gasteiger partial charge on any atom is -0.374 e. The molecule has 34 heavy (non-hydrogen) atoms. The van der Waals surface area contributed by atoms with Gasteiger partial charge in [0, 0.05) is 6.20 Å². The molecule has 8 nitrogen and oxygen atoms in total. The van der Waals surface area contributed by atoms with Gasteiger partial charge >= 0.3 is 6.18 Å². The van der Waals surface area contributed by atoms with E-state index in [0.717, 1.165) is 0 Å². The van der Waals surface area contributed by atoms with E-state index in [1.165, 1.54) is 47.3 Å². The Bertz CT molecular complexity index is 1310. The molecule has 0 atom stereocenters. The molecule has 180 valence electrons. The van der Waals surface area contributed by atoms with Crippen LogP contribution in [0.1, 0.15) is 28.9 Å². The summed E-state index contributed by atoms with van der Waals surface area (Å²) in [7, 11) is -4.10. The highest BCUT2D eigenvalue weighted by Gasteiger charge is 2.63. The number of hydrogen-bond donors (Lipinski definition) is 1. The van der Waals surface area contributed by atoms with E-state index in [0.29, 0.717) is 5.69 Å². The van der Waals surface area contributed by atoms with E-state index in [1.54, 1.807) is 12.1 Å². The number of hydrogen-bond acceptors (Lipinski definition) is 6. The first kappa shape index (κ1) is 24.2. The van der Waals surface area contributed by atoms with Crippen LogP contribution in [0.5, 0.6) is 0 Å². The van der Waals surface area contributed by atoms with Crippen LogP contribution in [0.15, 0.2) is 59.6 Å². The highest BCUT2D eigenvalue weighted by molar-refractivity contribution is 7.90. The second-order valence-corrected chi connectivity index (χ2v) is 9.82. The predicted octanol–water partition coefficient (Wildman–Crippen LogP) is 3.90. The van der Waals surface area contributed by atoms with Crippen LogP contribution >= 0.6 is 11.6 Å². The van der Waals surface area contributed by atoms with Gasteiger partial charge in [0.1, 0.15) is 5.15 Å². The van der Waals surface area contributed by atoms with Crippen LogP contribution in [0.3, 0.4) is 0 Å². The number of nitrogens with zero attached hydrogens (tertiary/aromatic N) is 3. The summed E-state index contributed by atoms with van der Waals surface area (Å²) in [6.45, 7) is -0.542. The van der Waals surface area contributed by atoms with Crippen LogP contribution in [0, 0.1) is 5.41 Å². The number of carbonyl (C=O) groups is 1. The zero-order valence-corrected chi connectivity index (χ0v) is 19.0. The Morgan fingerprint density at radius 3 is 2.47 bits per heavy atom. The lowest BCUT2D eigenvalue weighted by atomic mass is 10.1. The van der Waals surface area contributed by atoms with E-state index in [1.807, 2.05) is 4.72 Å².